The summed E-state index contributed by atoms with van der Waals surface area (Å²) in [4.78, 5) is 12.9. The molecule has 2 rings (SSSR count). The van der Waals surface area contributed by atoms with Gasteiger partial charge in [0.1, 0.15) is 5.82 Å². The molecule has 0 saturated carbocycles. The SMILES string of the molecule is Cc1cc(N(C)Cc2ccccc2F)ccc1C(=O)O. The van der Waals surface area contributed by atoms with Gasteiger partial charge in [0, 0.05) is 24.8 Å². The molecule has 2 aromatic carbocycles. The van der Waals surface area contributed by atoms with Crippen molar-refractivity contribution in [2.24, 2.45) is 0 Å². The highest BCUT2D eigenvalue weighted by Crippen LogP contribution is 2.20. The quantitative estimate of drug-likeness (QED) is 0.927. The zero-order valence-corrected chi connectivity index (χ0v) is 11.4. The molecule has 104 valence electrons. The fraction of sp³-hybridized carbons (Fsp3) is 0.188. The van der Waals surface area contributed by atoms with Gasteiger partial charge >= 0.3 is 5.97 Å². The molecule has 0 unspecified atom stereocenters. The number of benzene rings is 2. The van der Waals surface area contributed by atoms with E-state index in [1.54, 1.807) is 43.3 Å². The second kappa shape index (κ2) is 5.74. The van der Waals surface area contributed by atoms with Crippen molar-refractivity contribution in [2.75, 3.05) is 11.9 Å². The summed E-state index contributed by atoms with van der Waals surface area (Å²) in [5.41, 5.74) is 2.44. The fourth-order valence-corrected chi connectivity index (χ4v) is 2.10. The molecule has 0 radical (unpaired) electrons. The summed E-state index contributed by atoms with van der Waals surface area (Å²) in [5, 5.41) is 9.00. The van der Waals surface area contributed by atoms with E-state index in [1.165, 1.54) is 6.07 Å². The number of aromatic carboxylic acids is 1. The Hall–Kier alpha value is -2.36. The van der Waals surface area contributed by atoms with Crippen LogP contribution in [0.15, 0.2) is 42.5 Å². The smallest absolute Gasteiger partial charge is 0.335 e. The molecule has 0 saturated heterocycles. The molecule has 0 aliphatic carbocycles. The Kier molecular flexibility index (Phi) is 4.03. The molecule has 0 fully saturated rings. The predicted molar refractivity (Wildman–Crippen MR) is 76.6 cm³/mol. The van der Waals surface area contributed by atoms with Gasteiger partial charge in [0.15, 0.2) is 0 Å². The molecule has 0 heterocycles. The molecule has 3 nitrogen and oxygen atoms in total. The standard InChI is InChI=1S/C16H16FNO2/c1-11-9-13(7-8-14(11)16(19)20)18(2)10-12-5-3-4-6-15(12)17/h3-9H,10H2,1-2H3,(H,19,20). The van der Waals surface area contributed by atoms with Gasteiger partial charge in [-0.15, -0.1) is 0 Å². The van der Waals surface area contributed by atoms with Crippen molar-refractivity contribution in [3.63, 3.8) is 0 Å². The van der Waals surface area contributed by atoms with E-state index in [9.17, 15) is 9.18 Å². The number of halogens is 1. The Balaban J connectivity index is 2.22. The first-order chi connectivity index (χ1) is 9.49. The van der Waals surface area contributed by atoms with E-state index in [0.717, 1.165) is 5.69 Å². The van der Waals surface area contributed by atoms with Crippen LogP contribution in [0.3, 0.4) is 0 Å². The first kappa shape index (κ1) is 14.1. The third-order valence-electron chi connectivity index (χ3n) is 3.25. The van der Waals surface area contributed by atoms with E-state index in [4.69, 9.17) is 5.11 Å². The van der Waals surface area contributed by atoms with Crippen molar-refractivity contribution in [3.05, 3.63) is 65.0 Å². The average molecular weight is 273 g/mol. The van der Waals surface area contributed by atoms with Crippen LogP contribution < -0.4 is 4.90 Å². The second-order valence-electron chi connectivity index (χ2n) is 4.75. The summed E-state index contributed by atoms with van der Waals surface area (Å²) in [7, 11) is 1.85. The van der Waals surface area contributed by atoms with Crippen LogP contribution in [0.4, 0.5) is 10.1 Å². The molecule has 4 heteroatoms. The van der Waals surface area contributed by atoms with Crippen molar-refractivity contribution in [2.45, 2.75) is 13.5 Å². The van der Waals surface area contributed by atoms with Crippen LogP contribution in [0.2, 0.25) is 0 Å². The molecule has 0 aliphatic rings. The molecule has 20 heavy (non-hydrogen) atoms. The molecular weight excluding hydrogens is 257 g/mol. The van der Waals surface area contributed by atoms with Gasteiger partial charge in [-0.25, -0.2) is 9.18 Å². The summed E-state index contributed by atoms with van der Waals surface area (Å²) in [5.74, 6) is -1.18. The number of aryl methyl sites for hydroxylation is 1. The molecule has 0 aromatic heterocycles. The number of anilines is 1. The van der Waals surface area contributed by atoms with Crippen molar-refractivity contribution in [1.82, 2.24) is 0 Å². The minimum absolute atomic E-state index is 0.238. The second-order valence-corrected chi connectivity index (χ2v) is 4.75. The van der Waals surface area contributed by atoms with Crippen LogP contribution in [0, 0.1) is 12.7 Å². The fourth-order valence-electron chi connectivity index (χ4n) is 2.10. The highest BCUT2D eigenvalue weighted by molar-refractivity contribution is 5.89. The number of rotatable bonds is 4. The largest absolute Gasteiger partial charge is 0.478 e. The number of carbonyl (C=O) groups is 1. The van der Waals surface area contributed by atoms with E-state index < -0.39 is 5.97 Å². The molecule has 2 aromatic rings. The van der Waals surface area contributed by atoms with Gasteiger partial charge in [-0.05, 0) is 36.8 Å². The van der Waals surface area contributed by atoms with Crippen molar-refractivity contribution in [1.29, 1.82) is 0 Å². The van der Waals surface area contributed by atoms with Crippen molar-refractivity contribution >= 4 is 11.7 Å². The summed E-state index contributed by atoms with van der Waals surface area (Å²) in [6.07, 6.45) is 0. The van der Waals surface area contributed by atoms with Crippen LogP contribution in [0.5, 0.6) is 0 Å². The Morgan fingerprint density at radius 3 is 2.55 bits per heavy atom. The zero-order chi connectivity index (χ0) is 14.7. The lowest BCUT2D eigenvalue weighted by molar-refractivity contribution is 0.0696. The predicted octanol–water partition coefficient (Wildman–Crippen LogP) is 3.47. The zero-order valence-electron chi connectivity index (χ0n) is 11.4. The Labute approximate surface area is 117 Å². The van der Waals surface area contributed by atoms with E-state index >= 15 is 0 Å². The monoisotopic (exact) mass is 273 g/mol. The Bertz CT molecular complexity index is 640. The summed E-state index contributed by atoms with van der Waals surface area (Å²) < 4.78 is 13.6. The summed E-state index contributed by atoms with van der Waals surface area (Å²) >= 11 is 0. The van der Waals surface area contributed by atoms with Crippen LogP contribution >= 0.6 is 0 Å². The molecule has 0 aliphatic heterocycles. The summed E-state index contributed by atoms with van der Waals surface area (Å²) in [6.45, 7) is 2.18. The topological polar surface area (TPSA) is 40.5 Å². The first-order valence-corrected chi connectivity index (χ1v) is 6.27. The van der Waals surface area contributed by atoms with Crippen LogP contribution in [-0.2, 0) is 6.54 Å². The highest BCUT2D eigenvalue weighted by atomic mass is 19.1. The Morgan fingerprint density at radius 2 is 1.95 bits per heavy atom. The van der Waals surface area contributed by atoms with Crippen molar-refractivity contribution in [3.8, 4) is 0 Å². The normalized spacial score (nSPS) is 10.3. The molecule has 0 bridgehead atoms. The van der Waals surface area contributed by atoms with Gasteiger partial charge in [-0.3, -0.25) is 0 Å². The maximum atomic E-state index is 13.6. The highest BCUT2D eigenvalue weighted by Gasteiger charge is 2.10. The maximum absolute atomic E-state index is 13.6. The van der Waals surface area contributed by atoms with Crippen LogP contribution in [0.1, 0.15) is 21.5 Å². The third-order valence-corrected chi connectivity index (χ3v) is 3.25. The number of carboxylic acids is 1. The van der Waals surface area contributed by atoms with Gasteiger partial charge in [0.2, 0.25) is 0 Å². The van der Waals surface area contributed by atoms with E-state index in [1.807, 2.05) is 11.9 Å². The van der Waals surface area contributed by atoms with Gasteiger partial charge in [-0.1, -0.05) is 18.2 Å². The third kappa shape index (κ3) is 2.96. The number of hydrogen-bond acceptors (Lipinski definition) is 2. The van der Waals surface area contributed by atoms with Crippen LogP contribution in [0.25, 0.3) is 0 Å². The molecule has 0 atom stereocenters. The molecular formula is C16H16FNO2. The van der Waals surface area contributed by atoms with E-state index in [2.05, 4.69) is 0 Å². The lowest BCUT2D eigenvalue weighted by Gasteiger charge is -2.20. The van der Waals surface area contributed by atoms with Crippen LogP contribution in [-0.4, -0.2) is 18.1 Å². The van der Waals surface area contributed by atoms with Gasteiger partial charge in [-0.2, -0.15) is 0 Å². The van der Waals surface area contributed by atoms with E-state index in [0.29, 0.717) is 17.7 Å². The maximum Gasteiger partial charge on any atom is 0.335 e. The summed E-state index contributed by atoms with van der Waals surface area (Å²) in [6, 6.07) is 11.7. The minimum atomic E-state index is -0.939. The minimum Gasteiger partial charge on any atom is -0.478 e. The molecule has 1 N–H and O–H groups in total. The average Bonchev–Trinajstić information content (AvgIpc) is 2.40. The molecule has 0 spiro atoms. The Morgan fingerprint density at radius 1 is 1.25 bits per heavy atom. The molecule has 0 amide bonds. The van der Waals surface area contributed by atoms with Gasteiger partial charge in [0.05, 0.1) is 5.56 Å². The van der Waals surface area contributed by atoms with Gasteiger partial charge in [0.25, 0.3) is 0 Å². The lowest BCUT2D eigenvalue weighted by atomic mass is 10.1. The number of nitrogens with zero attached hydrogens (tertiary/aromatic N) is 1. The number of carboxylic acid groups (broad SMARTS) is 1. The lowest BCUT2D eigenvalue weighted by Crippen LogP contribution is -2.17. The van der Waals surface area contributed by atoms with Crippen molar-refractivity contribution < 1.29 is 14.3 Å². The first-order valence-electron chi connectivity index (χ1n) is 6.27. The number of hydrogen-bond donors (Lipinski definition) is 1. The van der Waals surface area contributed by atoms with Gasteiger partial charge < -0.3 is 10.0 Å². The van der Waals surface area contributed by atoms with E-state index in [-0.39, 0.29) is 11.4 Å².